The van der Waals surface area contributed by atoms with Crippen LogP contribution in [0.4, 0.5) is 0 Å². The van der Waals surface area contributed by atoms with Crippen LogP contribution in [0.1, 0.15) is 18.4 Å². The summed E-state index contributed by atoms with van der Waals surface area (Å²) in [5.41, 5.74) is 0.742. The predicted molar refractivity (Wildman–Crippen MR) is 92.0 cm³/mol. The molecule has 0 spiro atoms. The Morgan fingerprint density at radius 3 is 2.22 bits per heavy atom. The molecule has 9 heteroatoms. The van der Waals surface area contributed by atoms with Crippen LogP contribution in [0.15, 0.2) is 29.7 Å². The Morgan fingerprint density at radius 2 is 1.70 bits per heavy atom. The van der Waals surface area contributed by atoms with E-state index in [1.807, 2.05) is 0 Å². The van der Waals surface area contributed by atoms with E-state index in [0.717, 1.165) is 11.8 Å². The number of piperidine rings is 1. The lowest BCUT2D eigenvalue weighted by Crippen LogP contribution is -2.45. The van der Waals surface area contributed by atoms with E-state index >= 15 is 0 Å². The number of hydrogen-bond acceptors (Lipinski definition) is 4. The fourth-order valence-corrected chi connectivity index (χ4v) is 4.54. The highest BCUT2D eigenvalue weighted by atomic mass is 35.5. The van der Waals surface area contributed by atoms with Crippen LogP contribution in [0.3, 0.4) is 0 Å². The molecule has 1 aromatic carbocycles. The topological polar surface area (TPSA) is 83.6 Å². The maximum Gasteiger partial charge on any atom is 0.236 e. The highest BCUT2D eigenvalue weighted by molar-refractivity contribution is 7.92. The van der Waals surface area contributed by atoms with Gasteiger partial charge in [0.25, 0.3) is 0 Å². The molecular weight excluding hydrogens is 360 g/mol. The van der Waals surface area contributed by atoms with E-state index in [4.69, 9.17) is 11.6 Å². The molecule has 1 fully saturated rings. The second-order valence-electron chi connectivity index (χ2n) is 5.46. The quantitative estimate of drug-likeness (QED) is 0.844. The lowest BCUT2D eigenvalue weighted by Gasteiger charge is -2.30. The molecule has 0 saturated carbocycles. The van der Waals surface area contributed by atoms with Gasteiger partial charge < -0.3 is 0 Å². The molecule has 1 aliphatic rings. The number of halogens is 1. The first kappa shape index (κ1) is 18.4. The Labute approximate surface area is 142 Å². The molecule has 1 saturated heterocycles. The van der Waals surface area contributed by atoms with Gasteiger partial charge in [-0.05, 0) is 36.6 Å². The first-order chi connectivity index (χ1) is 10.7. The van der Waals surface area contributed by atoms with Gasteiger partial charge >= 0.3 is 0 Å². The molecule has 1 aliphatic heterocycles. The first-order valence-corrected chi connectivity index (χ1v) is 10.8. The Morgan fingerprint density at radius 1 is 1.13 bits per heavy atom. The van der Waals surface area contributed by atoms with Gasteiger partial charge in [0.05, 0.1) is 6.26 Å². The van der Waals surface area contributed by atoms with Crippen LogP contribution in [0.2, 0.25) is 5.02 Å². The lowest BCUT2D eigenvalue weighted by atomic mass is 10.1. The van der Waals surface area contributed by atoms with Gasteiger partial charge in [-0.25, -0.2) is 21.6 Å². The van der Waals surface area contributed by atoms with Gasteiger partial charge in [0.15, 0.2) is 0 Å². The van der Waals surface area contributed by atoms with E-state index in [1.165, 1.54) is 15.8 Å². The average molecular weight is 379 g/mol. The highest BCUT2D eigenvalue weighted by Gasteiger charge is 2.27. The number of nitrogens with one attached hydrogen (secondary N) is 1. The van der Waals surface area contributed by atoms with E-state index in [9.17, 15) is 16.8 Å². The third kappa shape index (κ3) is 5.89. The minimum absolute atomic E-state index is 0.211. The third-order valence-corrected chi connectivity index (χ3v) is 6.08. The number of benzene rings is 1. The average Bonchev–Trinajstić information content (AvgIpc) is 2.46. The SMILES string of the molecule is CS(=O)(=O)NC1CCN(S(=O)(=O)/C=C/c2ccc(Cl)cc2)CC1. The molecule has 0 amide bonds. The zero-order valence-electron chi connectivity index (χ0n) is 12.6. The van der Waals surface area contributed by atoms with Gasteiger partial charge in [0, 0.05) is 29.6 Å². The molecule has 1 heterocycles. The maximum atomic E-state index is 12.3. The molecule has 2 rings (SSSR count). The van der Waals surface area contributed by atoms with Crippen molar-refractivity contribution < 1.29 is 16.8 Å². The second kappa shape index (κ2) is 7.31. The molecule has 6 nitrogen and oxygen atoms in total. The van der Waals surface area contributed by atoms with Crippen molar-refractivity contribution in [1.29, 1.82) is 0 Å². The van der Waals surface area contributed by atoms with Crippen LogP contribution in [0.25, 0.3) is 6.08 Å². The van der Waals surface area contributed by atoms with Crippen molar-refractivity contribution in [2.75, 3.05) is 19.3 Å². The van der Waals surface area contributed by atoms with Crippen molar-refractivity contribution >= 4 is 37.7 Å². The Hall–Kier alpha value is -0.930. The highest BCUT2D eigenvalue weighted by Crippen LogP contribution is 2.17. The van der Waals surface area contributed by atoms with Crippen LogP contribution in [-0.2, 0) is 20.0 Å². The van der Waals surface area contributed by atoms with E-state index < -0.39 is 20.0 Å². The summed E-state index contributed by atoms with van der Waals surface area (Å²) in [5, 5.41) is 1.76. The van der Waals surface area contributed by atoms with Crippen molar-refractivity contribution in [3.05, 3.63) is 40.3 Å². The summed E-state index contributed by atoms with van der Waals surface area (Å²) in [6, 6.07) is 6.64. The van der Waals surface area contributed by atoms with Crippen LogP contribution < -0.4 is 4.72 Å². The molecule has 0 unspecified atom stereocenters. The summed E-state index contributed by atoms with van der Waals surface area (Å²) in [4.78, 5) is 0. The van der Waals surface area contributed by atoms with Gasteiger partial charge in [0.2, 0.25) is 20.0 Å². The normalized spacial score (nSPS) is 18.5. The van der Waals surface area contributed by atoms with E-state index in [0.29, 0.717) is 31.0 Å². The maximum absolute atomic E-state index is 12.3. The summed E-state index contributed by atoms with van der Waals surface area (Å²) in [7, 11) is -6.79. The summed E-state index contributed by atoms with van der Waals surface area (Å²) < 4.78 is 50.9. The van der Waals surface area contributed by atoms with Crippen LogP contribution >= 0.6 is 11.6 Å². The molecule has 23 heavy (non-hydrogen) atoms. The van der Waals surface area contributed by atoms with E-state index in [1.54, 1.807) is 24.3 Å². The molecule has 0 aromatic heterocycles. The fourth-order valence-electron chi connectivity index (χ4n) is 2.36. The Bertz CT molecular complexity index is 766. The standard InChI is InChI=1S/C14H19ClN2O4S2/c1-22(18,19)16-14-6-9-17(10-7-14)23(20,21)11-8-12-2-4-13(15)5-3-12/h2-5,8,11,14,16H,6-7,9-10H2,1H3/b11-8+. The van der Waals surface area contributed by atoms with Crippen LogP contribution in [0, 0.1) is 0 Å². The van der Waals surface area contributed by atoms with Crippen molar-refractivity contribution in [3.63, 3.8) is 0 Å². The largest absolute Gasteiger partial charge is 0.236 e. The zero-order valence-corrected chi connectivity index (χ0v) is 15.0. The number of nitrogens with zero attached hydrogens (tertiary/aromatic N) is 1. The minimum atomic E-state index is -3.52. The summed E-state index contributed by atoms with van der Waals surface area (Å²) in [5.74, 6) is 0. The number of hydrogen-bond donors (Lipinski definition) is 1. The Kier molecular flexibility index (Phi) is 5.85. The van der Waals surface area contributed by atoms with Gasteiger partial charge in [-0.1, -0.05) is 23.7 Å². The van der Waals surface area contributed by atoms with Crippen molar-refractivity contribution in [2.24, 2.45) is 0 Å². The zero-order chi connectivity index (χ0) is 17.1. The molecule has 1 N–H and O–H groups in total. The smallest absolute Gasteiger partial charge is 0.213 e. The molecule has 128 valence electrons. The van der Waals surface area contributed by atoms with Crippen LogP contribution in [-0.4, -0.2) is 46.5 Å². The lowest BCUT2D eigenvalue weighted by molar-refractivity contribution is 0.311. The van der Waals surface area contributed by atoms with E-state index in [2.05, 4.69) is 4.72 Å². The molecular formula is C14H19ClN2O4S2. The van der Waals surface area contributed by atoms with Gasteiger partial charge in [-0.2, -0.15) is 4.31 Å². The Balaban J connectivity index is 1.97. The second-order valence-corrected chi connectivity index (χ2v) is 9.50. The number of rotatable bonds is 5. The molecule has 1 aromatic rings. The minimum Gasteiger partial charge on any atom is -0.213 e. The third-order valence-electron chi connectivity index (χ3n) is 3.50. The van der Waals surface area contributed by atoms with Crippen molar-refractivity contribution in [1.82, 2.24) is 9.03 Å². The molecule has 0 aliphatic carbocycles. The van der Waals surface area contributed by atoms with Gasteiger partial charge in [-0.3, -0.25) is 0 Å². The van der Waals surface area contributed by atoms with Crippen molar-refractivity contribution in [3.8, 4) is 0 Å². The van der Waals surface area contributed by atoms with Gasteiger partial charge in [-0.15, -0.1) is 0 Å². The predicted octanol–water partition coefficient (Wildman–Crippen LogP) is 1.65. The summed E-state index contributed by atoms with van der Waals surface area (Å²) in [6.07, 6.45) is 3.54. The van der Waals surface area contributed by atoms with Gasteiger partial charge in [0.1, 0.15) is 0 Å². The monoisotopic (exact) mass is 378 g/mol. The molecule has 0 atom stereocenters. The molecule has 0 bridgehead atoms. The van der Waals surface area contributed by atoms with E-state index in [-0.39, 0.29) is 6.04 Å². The summed E-state index contributed by atoms with van der Waals surface area (Å²) >= 11 is 5.78. The number of sulfonamides is 2. The summed E-state index contributed by atoms with van der Waals surface area (Å²) in [6.45, 7) is 0.584. The van der Waals surface area contributed by atoms with Crippen molar-refractivity contribution in [2.45, 2.75) is 18.9 Å². The fraction of sp³-hybridized carbons (Fsp3) is 0.429. The van der Waals surface area contributed by atoms with Crippen LogP contribution in [0.5, 0.6) is 0 Å². The first-order valence-electron chi connectivity index (χ1n) is 7.07. The molecule has 0 radical (unpaired) electrons.